The minimum Gasteiger partial charge on any atom is -0.274 e. The lowest BCUT2D eigenvalue weighted by Crippen LogP contribution is -2.31. The number of imide groups is 1. The van der Waals surface area contributed by atoms with Gasteiger partial charge in [-0.05, 0) is 93.5 Å². The number of benzene rings is 1. The molecule has 0 spiro atoms. The summed E-state index contributed by atoms with van der Waals surface area (Å²) in [5.41, 5.74) is 5.65. The number of hydrogen-bond donors (Lipinski definition) is 0. The summed E-state index contributed by atoms with van der Waals surface area (Å²) in [4.78, 5) is 53.6. The number of thiazole rings is 2. The monoisotopic (exact) mass is 1260 g/mol. The Morgan fingerprint density at radius 2 is 0.774 bits per heavy atom. The molecule has 0 saturated heterocycles. The number of unbranched alkanes of at least 4 members (excludes halogenated alkanes) is 21. The summed E-state index contributed by atoms with van der Waals surface area (Å²) < 4.78 is 2.37. The molecule has 7 aromatic heterocycles. The predicted octanol–water partition coefficient (Wildman–Crippen LogP) is 25.9. The lowest BCUT2D eigenvalue weighted by atomic mass is 9.91. The van der Waals surface area contributed by atoms with E-state index in [1.165, 1.54) is 222 Å². The molecule has 1 aromatic carbocycles. The van der Waals surface area contributed by atoms with Gasteiger partial charge in [0.2, 0.25) is 0 Å². The normalized spacial score (nSPS) is 13.5. The minimum absolute atomic E-state index is 0.121. The average molecular weight is 1260 g/mol. The molecule has 0 aliphatic carbocycles. The Bertz CT molecular complexity index is 3190. The molecule has 2 unspecified atom stereocenters. The third kappa shape index (κ3) is 16.7. The van der Waals surface area contributed by atoms with Gasteiger partial charge < -0.3 is 0 Å². The number of aryl methyl sites for hydroxylation is 2. The zero-order valence-electron chi connectivity index (χ0n) is 52.1. The van der Waals surface area contributed by atoms with E-state index in [1.807, 2.05) is 63.6 Å². The van der Waals surface area contributed by atoms with Crippen LogP contribution in [0, 0.1) is 25.7 Å². The summed E-state index contributed by atoms with van der Waals surface area (Å²) in [7, 11) is 0. The largest absolute Gasteiger partial charge is 0.274 e. The van der Waals surface area contributed by atoms with Crippen LogP contribution >= 0.6 is 79.4 Å². The molecule has 2 amide bonds. The van der Waals surface area contributed by atoms with Gasteiger partial charge >= 0.3 is 0 Å². The fourth-order valence-electron chi connectivity index (χ4n) is 12.8. The van der Waals surface area contributed by atoms with Gasteiger partial charge in [0.25, 0.3) is 11.8 Å². The molecule has 12 heteroatoms. The standard InChI is InChI=1S/C72H97N3O2S7/c1-8-13-18-23-26-31-36-51(34-29-21-16-11-4)47-53-39-42-58(80-53)69-73-64-61(55-41-38-49(6)78-55)67-65(74-70(83-67)59-43-40-54(81-59)48-52(35-30-22-17-12-5)37-32-27-24-19-14-9-2)62(68(64)84-69)56-44-45-57(82-56)66-63-60(50(7)79-66)71(76)75(72(63)77)46-33-28-25-20-15-10-3/h38-45,51-52H,8-37,46-48H2,1-7H3. The Balaban J connectivity index is 1.09. The van der Waals surface area contributed by atoms with Crippen LogP contribution in [0.2, 0.25) is 0 Å². The molecule has 2 atom stereocenters. The summed E-state index contributed by atoms with van der Waals surface area (Å²) in [5, 5.41) is 2.16. The fourth-order valence-corrected chi connectivity index (χ4v) is 20.8. The first-order valence-corrected chi connectivity index (χ1v) is 39.0. The third-order valence-corrected chi connectivity index (χ3v) is 25.7. The molecule has 84 heavy (non-hydrogen) atoms. The Morgan fingerprint density at radius 1 is 0.381 bits per heavy atom. The van der Waals surface area contributed by atoms with Crippen molar-refractivity contribution in [3.05, 3.63) is 79.2 Å². The average Bonchev–Trinajstić information content (AvgIpc) is 2.01. The number of fused-ring (bicyclic) bond motifs is 3. The van der Waals surface area contributed by atoms with Crippen molar-refractivity contribution in [2.45, 2.75) is 254 Å². The Hall–Kier alpha value is -3.36. The number of nitrogens with zero attached hydrogens (tertiary/aromatic N) is 3. The highest BCUT2D eigenvalue weighted by Crippen LogP contribution is 2.54. The van der Waals surface area contributed by atoms with Crippen molar-refractivity contribution in [1.82, 2.24) is 14.9 Å². The van der Waals surface area contributed by atoms with Gasteiger partial charge in [0.1, 0.15) is 10.0 Å². The van der Waals surface area contributed by atoms with Gasteiger partial charge in [0.15, 0.2) is 0 Å². The van der Waals surface area contributed by atoms with Crippen LogP contribution in [0.3, 0.4) is 0 Å². The highest BCUT2D eigenvalue weighted by atomic mass is 32.1. The molecule has 0 radical (unpaired) electrons. The molecule has 9 rings (SSSR count). The number of carbonyl (C=O) groups is 2. The molecule has 0 bridgehead atoms. The summed E-state index contributed by atoms with van der Waals surface area (Å²) in [6, 6.07) is 18.6. The van der Waals surface area contributed by atoms with E-state index in [0.717, 1.165) is 90.1 Å². The summed E-state index contributed by atoms with van der Waals surface area (Å²) in [6.45, 7) is 16.2. The molecule has 0 fully saturated rings. The first kappa shape index (κ1) is 65.1. The van der Waals surface area contributed by atoms with Gasteiger partial charge in [-0.3, -0.25) is 14.5 Å². The molecule has 1 aliphatic heterocycles. The molecule has 454 valence electrons. The van der Waals surface area contributed by atoms with E-state index >= 15 is 0 Å². The number of rotatable bonds is 40. The summed E-state index contributed by atoms with van der Waals surface area (Å²) >= 11 is 12.8. The van der Waals surface area contributed by atoms with Crippen LogP contribution in [0.1, 0.15) is 267 Å². The van der Waals surface area contributed by atoms with Gasteiger partial charge in [0, 0.05) is 51.8 Å². The summed E-state index contributed by atoms with van der Waals surface area (Å²) in [5.74, 6) is 1.20. The summed E-state index contributed by atoms with van der Waals surface area (Å²) in [6.07, 6.45) is 41.1. The zero-order chi connectivity index (χ0) is 58.8. The highest BCUT2D eigenvalue weighted by Gasteiger charge is 2.41. The molecule has 0 N–H and O–H groups in total. The quantitative estimate of drug-likeness (QED) is 0.0284. The number of hydrogen-bond acceptors (Lipinski definition) is 11. The van der Waals surface area contributed by atoms with E-state index in [4.69, 9.17) is 9.97 Å². The van der Waals surface area contributed by atoms with E-state index in [0.29, 0.717) is 17.7 Å². The lowest BCUT2D eigenvalue weighted by Gasteiger charge is -2.16. The van der Waals surface area contributed by atoms with E-state index < -0.39 is 0 Å². The van der Waals surface area contributed by atoms with Gasteiger partial charge in [-0.15, -0.1) is 79.4 Å². The Morgan fingerprint density at radius 3 is 1.24 bits per heavy atom. The fraction of sp³-hybridized carbons (Fsp3) is 0.583. The molecular weight excluding hydrogens is 1160 g/mol. The molecule has 5 nitrogen and oxygen atoms in total. The van der Waals surface area contributed by atoms with Crippen molar-refractivity contribution in [1.29, 1.82) is 0 Å². The van der Waals surface area contributed by atoms with Gasteiger partial charge in [-0.2, -0.15) is 0 Å². The van der Waals surface area contributed by atoms with Crippen molar-refractivity contribution in [2.75, 3.05) is 6.54 Å². The first-order valence-electron chi connectivity index (χ1n) is 33.3. The van der Waals surface area contributed by atoms with Crippen molar-refractivity contribution >= 4 is 112 Å². The minimum atomic E-state index is -0.129. The molecule has 0 saturated carbocycles. The van der Waals surface area contributed by atoms with Crippen molar-refractivity contribution in [3.63, 3.8) is 0 Å². The second kappa shape index (κ2) is 33.3. The predicted molar refractivity (Wildman–Crippen MR) is 375 cm³/mol. The molecular formula is C72H97N3O2S7. The lowest BCUT2D eigenvalue weighted by molar-refractivity contribution is 0.0651. The van der Waals surface area contributed by atoms with Gasteiger partial charge in [-0.25, -0.2) is 9.97 Å². The number of aromatic nitrogens is 2. The number of carbonyl (C=O) groups excluding carboxylic acids is 2. The first-order chi connectivity index (χ1) is 41.1. The maximum atomic E-state index is 14.4. The SMILES string of the molecule is CCCCCCCCC(CCCCCC)Cc1ccc(-c2nc3c(-c4ccc(-c5sc(C)c6c5C(=O)N(CCCCCCCC)C6=O)s4)c4sc(-c5ccc(CC(CCCCCC)CCCCCCCC)s5)nc4c(-c4ccc(C)s4)c3s2)s1. The van der Waals surface area contributed by atoms with E-state index in [2.05, 4.69) is 90.1 Å². The third-order valence-electron chi connectivity index (χ3n) is 17.6. The van der Waals surface area contributed by atoms with E-state index in [-0.39, 0.29) is 11.8 Å². The molecule has 8 aromatic rings. The second-order valence-corrected chi connectivity index (χ2v) is 32.4. The van der Waals surface area contributed by atoms with Crippen molar-refractivity contribution in [3.8, 4) is 50.4 Å². The maximum absolute atomic E-state index is 14.4. The Labute approximate surface area is 533 Å². The van der Waals surface area contributed by atoms with Crippen LogP contribution in [0.15, 0.2) is 48.5 Å². The van der Waals surface area contributed by atoms with Crippen LogP contribution in [0.5, 0.6) is 0 Å². The van der Waals surface area contributed by atoms with E-state index in [9.17, 15) is 9.59 Å². The number of thiophene rings is 5. The smallest absolute Gasteiger partial charge is 0.263 e. The maximum Gasteiger partial charge on any atom is 0.263 e. The van der Waals surface area contributed by atoms with Crippen LogP contribution in [0.25, 0.3) is 70.8 Å². The topological polar surface area (TPSA) is 63.2 Å². The highest BCUT2D eigenvalue weighted by molar-refractivity contribution is 7.29. The van der Waals surface area contributed by atoms with Crippen molar-refractivity contribution < 1.29 is 9.59 Å². The van der Waals surface area contributed by atoms with Crippen LogP contribution in [-0.2, 0) is 12.8 Å². The number of amides is 2. The van der Waals surface area contributed by atoms with Crippen LogP contribution < -0.4 is 0 Å². The zero-order valence-corrected chi connectivity index (χ0v) is 57.8. The molecule has 8 heterocycles. The van der Waals surface area contributed by atoms with Crippen LogP contribution in [0.4, 0.5) is 0 Å². The second-order valence-electron chi connectivity index (χ2n) is 24.5. The van der Waals surface area contributed by atoms with E-state index in [1.54, 1.807) is 22.7 Å². The van der Waals surface area contributed by atoms with Gasteiger partial charge in [-0.1, -0.05) is 221 Å². The van der Waals surface area contributed by atoms with Crippen molar-refractivity contribution in [2.24, 2.45) is 11.8 Å². The molecule has 1 aliphatic rings. The Kier molecular flexibility index (Phi) is 25.8. The van der Waals surface area contributed by atoms with Gasteiger partial charge in [0.05, 0.1) is 46.2 Å². The van der Waals surface area contributed by atoms with Crippen LogP contribution in [-0.4, -0.2) is 33.2 Å².